The average Bonchev–Trinajstić information content (AvgIpc) is 2.50. The third-order valence-electron chi connectivity index (χ3n) is 2.84. The number of aromatic nitrogens is 1. The molecule has 2 nitrogen and oxygen atoms in total. The van der Waals surface area contributed by atoms with Crippen LogP contribution >= 0.6 is 11.3 Å². The Kier molecular flexibility index (Phi) is 3.67. The van der Waals surface area contributed by atoms with Gasteiger partial charge in [0.2, 0.25) is 0 Å². The fourth-order valence-electron chi connectivity index (χ4n) is 1.54. The minimum atomic E-state index is -0.597. The molecule has 3 heteroatoms. The third-order valence-corrected chi connectivity index (χ3v) is 3.66. The van der Waals surface area contributed by atoms with Crippen molar-refractivity contribution < 1.29 is 5.11 Å². The van der Waals surface area contributed by atoms with E-state index in [1.165, 1.54) is 0 Å². The van der Waals surface area contributed by atoms with E-state index in [2.05, 4.69) is 18.8 Å². The summed E-state index contributed by atoms with van der Waals surface area (Å²) >= 11 is 1.65. The largest absolute Gasteiger partial charge is 0.389 e. The van der Waals surface area contributed by atoms with E-state index < -0.39 is 5.60 Å². The van der Waals surface area contributed by atoms with Gasteiger partial charge < -0.3 is 5.11 Å². The summed E-state index contributed by atoms with van der Waals surface area (Å²) in [5, 5.41) is 13.4. The van der Waals surface area contributed by atoms with E-state index >= 15 is 0 Å². The zero-order valence-electron chi connectivity index (χ0n) is 9.37. The van der Waals surface area contributed by atoms with Crippen LogP contribution in [0.25, 0.3) is 0 Å². The number of thiazole rings is 1. The first-order chi connectivity index (χ1) is 6.48. The summed E-state index contributed by atoms with van der Waals surface area (Å²) in [6, 6.07) is 0. The summed E-state index contributed by atoms with van der Waals surface area (Å²) in [5.41, 5.74) is 0.422. The number of nitrogens with zero attached hydrogens (tertiary/aromatic N) is 1. The van der Waals surface area contributed by atoms with Crippen molar-refractivity contribution in [3.05, 3.63) is 16.1 Å². The molecule has 1 N–H and O–H groups in total. The fraction of sp³-hybridized carbons (Fsp3) is 0.727. The molecule has 1 aromatic rings. The highest BCUT2D eigenvalue weighted by Crippen LogP contribution is 2.26. The second-order valence-corrected chi connectivity index (χ2v) is 5.21. The van der Waals surface area contributed by atoms with Gasteiger partial charge in [0.15, 0.2) is 0 Å². The predicted molar refractivity (Wildman–Crippen MR) is 60.6 cm³/mol. The summed E-state index contributed by atoms with van der Waals surface area (Å²) in [5.74, 6) is 0.273. The van der Waals surface area contributed by atoms with E-state index in [1.54, 1.807) is 11.3 Å². The Hall–Kier alpha value is -0.410. The Morgan fingerprint density at radius 3 is 2.57 bits per heavy atom. The van der Waals surface area contributed by atoms with Gasteiger partial charge in [-0.15, -0.1) is 11.3 Å². The molecule has 0 aliphatic rings. The van der Waals surface area contributed by atoms with Crippen LogP contribution in [-0.4, -0.2) is 15.7 Å². The van der Waals surface area contributed by atoms with Crippen LogP contribution in [0.2, 0.25) is 0 Å². The van der Waals surface area contributed by atoms with Gasteiger partial charge in [-0.1, -0.05) is 20.8 Å². The van der Waals surface area contributed by atoms with E-state index in [-0.39, 0.29) is 5.92 Å². The van der Waals surface area contributed by atoms with Gasteiger partial charge in [-0.2, -0.15) is 0 Å². The molecule has 1 aromatic heterocycles. The summed E-state index contributed by atoms with van der Waals surface area (Å²) < 4.78 is 0. The quantitative estimate of drug-likeness (QED) is 0.834. The smallest absolute Gasteiger partial charge is 0.0897 e. The van der Waals surface area contributed by atoms with E-state index in [9.17, 15) is 5.11 Å². The molecule has 0 radical (unpaired) electrons. The zero-order valence-corrected chi connectivity index (χ0v) is 10.2. The molecule has 1 unspecified atom stereocenters. The summed E-state index contributed by atoms with van der Waals surface area (Å²) in [4.78, 5) is 4.38. The standard InChI is InChI=1S/C11H19NOS/c1-5-11(13,8(2)3)6-10-7-14-9(4)12-10/h7-8,13H,5-6H2,1-4H3. The van der Waals surface area contributed by atoms with Gasteiger partial charge in [0, 0.05) is 11.8 Å². The normalized spacial score (nSPS) is 15.9. The van der Waals surface area contributed by atoms with Gasteiger partial charge in [-0.25, -0.2) is 4.98 Å². The molecule has 0 aliphatic carbocycles. The van der Waals surface area contributed by atoms with Crippen molar-refractivity contribution in [1.82, 2.24) is 4.98 Å². The van der Waals surface area contributed by atoms with Crippen molar-refractivity contribution in [3.63, 3.8) is 0 Å². The van der Waals surface area contributed by atoms with Gasteiger partial charge in [0.05, 0.1) is 16.3 Å². The molecule has 0 amide bonds. The molecule has 0 fully saturated rings. The first-order valence-electron chi connectivity index (χ1n) is 5.11. The highest BCUT2D eigenvalue weighted by Gasteiger charge is 2.29. The van der Waals surface area contributed by atoms with Crippen LogP contribution in [0, 0.1) is 12.8 Å². The van der Waals surface area contributed by atoms with Gasteiger partial charge in [-0.3, -0.25) is 0 Å². The van der Waals surface area contributed by atoms with Crippen molar-refractivity contribution in [2.45, 2.75) is 46.1 Å². The molecule has 1 rings (SSSR count). The van der Waals surface area contributed by atoms with Crippen LogP contribution < -0.4 is 0 Å². The molecule has 1 atom stereocenters. The molecule has 80 valence electrons. The van der Waals surface area contributed by atoms with E-state index in [0.717, 1.165) is 17.1 Å². The maximum absolute atomic E-state index is 10.3. The number of hydrogen-bond donors (Lipinski definition) is 1. The monoisotopic (exact) mass is 213 g/mol. The van der Waals surface area contributed by atoms with E-state index in [0.29, 0.717) is 6.42 Å². The number of aliphatic hydroxyl groups is 1. The van der Waals surface area contributed by atoms with Crippen LogP contribution in [0.5, 0.6) is 0 Å². The Balaban J connectivity index is 2.75. The first-order valence-corrected chi connectivity index (χ1v) is 5.99. The van der Waals surface area contributed by atoms with Crippen molar-refractivity contribution in [2.24, 2.45) is 5.92 Å². The SMILES string of the molecule is CCC(O)(Cc1csc(C)n1)C(C)C. The number of aryl methyl sites for hydroxylation is 1. The van der Waals surface area contributed by atoms with E-state index in [1.807, 2.05) is 19.2 Å². The van der Waals surface area contributed by atoms with Crippen LogP contribution in [0.1, 0.15) is 37.9 Å². The topological polar surface area (TPSA) is 33.1 Å². The van der Waals surface area contributed by atoms with E-state index in [4.69, 9.17) is 0 Å². The van der Waals surface area contributed by atoms with Gasteiger partial charge in [-0.05, 0) is 19.3 Å². The maximum atomic E-state index is 10.3. The lowest BCUT2D eigenvalue weighted by molar-refractivity contribution is -0.00900. The minimum absolute atomic E-state index is 0.273. The Labute approximate surface area is 90.0 Å². The zero-order chi connectivity index (χ0) is 10.8. The number of hydrogen-bond acceptors (Lipinski definition) is 3. The van der Waals surface area contributed by atoms with Crippen molar-refractivity contribution in [1.29, 1.82) is 0 Å². The van der Waals surface area contributed by atoms with Crippen LogP contribution in [0.4, 0.5) is 0 Å². The van der Waals surface area contributed by atoms with Crippen LogP contribution in [0.3, 0.4) is 0 Å². The minimum Gasteiger partial charge on any atom is -0.389 e. The lowest BCUT2D eigenvalue weighted by atomic mass is 9.84. The fourth-order valence-corrected chi connectivity index (χ4v) is 2.15. The maximum Gasteiger partial charge on any atom is 0.0897 e. The predicted octanol–water partition coefficient (Wildman–Crippen LogP) is 2.79. The Morgan fingerprint density at radius 1 is 1.57 bits per heavy atom. The summed E-state index contributed by atoms with van der Waals surface area (Å²) in [6.45, 7) is 8.14. The molecule has 0 aromatic carbocycles. The highest BCUT2D eigenvalue weighted by molar-refractivity contribution is 7.09. The molecule has 0 bridgehead atoms. The summed E-state index contributed by atoms with van der Waals surface area (Å²) in [7, 11) is 0. The second-order valence-electron chi connectivity index (χ2n) is 4.15. The Morgan fingerprint density at radius 2 is 2.21 bits per heavy atom. The molecule has 14 heavy (non-hydrogen) atoms. The molecule has 1 heterocycles. The van der Waals surface area contributed by atoms with Crippen LogP contribution in [-0.2, 0) is 6.42 Å². The summed E-state index contributed by atoms with van der Waals surface area (Å²) in [6.07, 6.45) is 1.45. The lowest BCUT2D eigenvalue weighted by Crippen LogP contribution is -2.36. The molecular weight excluding hydrogens is 194 g/mol. The van der Waals surface area contributed by atoms with Crippen molar-refractivity contribution in [3.8, 4) is 0 Å². The Bertz CT molecular complexity index is 295. The van der Waals surface area contributed by atoms with Gasteiger partial charge in [0.25, 0.3) is 0 Å². The molecule has 0 saturated carbocycles. The van der Waals surface area contributed by atoms with Gasteiger partial charge >= 0.3 is 0 Å². The molecular formula is C11H19NOS. The lowest BCUT2D eigenvalue weighted by Gasteiger charge is -2.30. The van der Waals surface area contributed by atoms with Crippen molar-refractivity contribution in [2.75, 3.05) is 0 Å². The van der Waals surface area contributed by atoms with Crippen LogP contribution in [0.15, 0.2) is 5.38 Å². The molecule has 0 saturated heterocycles. The second kappa shape index (κ2) is 4.41. The number of rotatable bonds is 4. The van der Waals surface area contributed by atoms with Gasteiger partial charge in [0.1, 0.15) is 0 Å². The first kappa shape index (κ1) is 11.7. The third kappa shape index (κ3) is 2.55. The average molecular weight is 213 g/mol. The van der Waals surface area contributed by atoms with Crippen molar-refractivity contribution >= 4 is 11.3 Å². The highest BCUT2D eigenvalue weighted by atomic mass is 32.1. The molecule has 0 spiro atoms. The molecule has 0 aliphatic heterocycles.